The van der Waals surface area contributed by atoms with Crippen LogP contribution in [-0.4, -0.2) is 38.5 Å². The predicted molar refractivity (Wildman–Crippen MR) is 121 cm³/mol. The zero-order chi connectivity index (χ0) is 21.2. The molecule has 0 saturated carbocycles. The minimum Gasteiger partial charge on any atom is -0.466 e. The monoisotopic (exact) mass is 428 g/mol. The number of rotatable bonds is 7. The number of benzene rings is 1. The highest BCUT2D eigenvalue weighted by molar-refractivity contribution is 7.99. The molecule has 0 bridgehead atoms. The van der Waals surface area contributed by atoms with E-state index in [1.807, 2.05) is 54.1 Å². The Morgan fingerprint density at radius 2 is 2.07 bits per heavy atom. The van der Waals surface area contributed by atoms with Gasteiger partial charge < -0.3 is 4.74 Å². The second-order valence-electron chi connectivity index (χ2n) is 6.85. The summed E-state index contributed by atoms with van der Waals surface area (Å²) in [6.07, 6.45) is 3.61. The topological polar surface area (TPSA) is 61.2 Å². The zero-order valence-corrected chi connectivity index (χ0v) is 18.4. The molecule has 0 aliphatic carbocycles. The average molecular weight is 429 g/mol. The number of allylic oxidation sites excluding steroid dienone is 1. The molecule has 29 heavy (non-hydrogen) atoms. The molecule has 1 aromatic carbocycles. The van der Waals surface area contributed by atoms with Gasteiger partial charge in [-0.1, -0.05) is 18.7 Å². The van der Waals surface area contributed by atoms with Crippen LogP contribution in [0.1, 0.15) is 25.4 Å². The molecule has 3 aromatic rings. The van der Waals surface area contributed by atoms with Gasteiger partial charge in [0.15, 0.2) is 0 Å². The SMILES string of the molecule is C=C(C)c1cn(-c2ccc(-c3cccc(S(=C)(C)=O)c3)s2)c(CC(=O)OCC)n1. The Hall–Kier alpha value is -2.64. The molecule has 0 radical (unpaired) electrons. The summed E-state index contributed by atoms with van der Waals surface area (Å²) in [5.74, 6) is 4.06. The molecule has 2 heterocycles. The zero-order valence-electron chi connectivity index (χ0n) is 16.8. The molecule has 0 aliphatic heterocycles. The number of ether oxygens (including phenoxy) is 1. The van der Waals surface area contributed by atoms with Crippen molar-refractivity contribution in [1.82, 2.24) is 9.55 Å². The van der Waals surface area contributed by atoms with E-state index in [1.165, 1.54) is 0 Å². The molecular weight excluding hydrogens is 404 g/mol. The van der Waals surface area contributed by atoms with Crippen molar-refractivity contribution in [2.24, 2.45) is 0 Å². The van der Waals surface area contributed by atoms with E-state index < -0.39 is 9.52 Å². The molecule has 2 aromatic heterocycles. The molecule has 1 unspecified atom stereocenters. The van der Waals surface area contributed by atoms with Crippen molar-refractivity contribution in [2.75, 3.05) is 12.9 Å². The van der Waals surface area contributed by atoms with Crippen LogP contribution in [0.4, 0.5) is 0 Å². The summed E-state index contributed by atoms with van der Waals surface area (Å²) in [7, 11) is -2.28. The summed E-state index contributed by atoms with van der Waals surface area (Å²) < 4.78 is 19.3. The van der Waals surface area contributed by atoms with E-state index in [9.17, 15) is 9.00 Å². The Balaban J connectivity index is 2.00. The van der Waals surface area contributed by atoms with Crippen LogP contribution in [0.3, 0.4) is 0 Å². The van der Waals surface area contributed by atoms with E-state index in [2.05, 4.69) is 17.4 Å². The predicted octanol–water partition coefficient (Wildman–Crippen LogP) is 4.44. The smallest absolute Gasteiger partial charge is 0.313 e. The van der Waals surface area contributed by atoms with Crippen LogP contribution < -0.4 is 0 Å². The molecule has 1 atom stereocenters. The fourth-order valence-corrected chi connectivity index (χ4v) is 4.55. The Labute approximate surface area is 175 Å². The number of hydrogen-bond donors (Lipinski definition) is 0. The number of esters is 1. The highest BCUT2D eigenvalue weighted by Gasteiger charge is 2.16. The molecule has 0 saturated heterocycles. The van der Waals surface area contributed by atoms with E-state index in [0.717, 1.165) is 31.6 Å². The lowest BCUT2D eigenvalue weighted by Crippen LogP contribution is -2.11. The van der Waals surface area contributed by atoms with Gasteiger partial charge in [-0.15, -0.1) is 11.3 Å². The third-order valence-electron chi connectivity index (χ3n) is 4.27. The summed E-state index contributed by atoms with van der Waals surface area (Å²) >= 11 is 1.57. The number of nitrogens with zero attached hydrogens (tertiary/aromatic N) is 2. The van der Waals surface area contributed by atoms with Crippen molar-refractivity contribution in [3.63, 3.8) is 0 Å². The standard InChI is InChI=1S/C22H24N2O3S2/c1-6-27-22(25)13-20-23-18(15(2)3)14-24(20)21-11-10-19(28-21)16-8-7-9-17(12-16)29(4,5)26/h7-12,14H,2,4,6,13H2,1,3,5H3. The molecule has 3 rings (SSSR count). The van der Waals surface area contributed by atoms with Crippen LogP contribution in [-0.2, 0) is 25.5 Å². The van der Waals surface area contributed by atoms with E-state index in [4.69, 9.17) is 4.74 Å². The second-order valence-corrected chi connectivity index (χ2v) is 10.4. The van der Waals surface area contributed by atoms with Gasteiger partial charge in [-0.25, -0.2) is 4.98 Å². The van der Waals surface area contributed by atoms with E-state index >= 15 is 0 Å². The van der Waals surface area contributed by atoms with Crippen molar-refractivity contribution in [2.45, 2.75) is 25.2 Å². The van der Waals surface area contributed by atoms with E-state index in [-0.39, 0.29) is 12.4 Å². The molecule has 0 fully saturated rings. The maximum atomic E-state index is 12.3. The molecular formula is C22H24N2O3S2. The third kappa shape index (κ3) is 4.86. The van der Waals surface area contributed by atoms with Gasteiger partial charge in [0, 0.05) is 22.2 Å². The Morgan fingerprint density at radius 1 is 1.31 bits per heavy atom. The van der Waals surface area contributed by atoms with Gasteiger partial charge in [-0.05, 0) is 64.6 Å². The molecule has 7 heteroatoms. The Morgan fingerprint density at radius 3 is 2.72 bits per heavy atom. The van der Waals surface area contributed by atoms with Crippen LogP contribution in [0.25, 0.3) is 21.0 Å². The fraction of sp³-hybridized carbons (Fsp3) is 0.227. The van der Waals surface area contributed by atoms with Gasteiger partial charge in [0.1, 0.15) is 17.2 Å². The Bertz CT molecular complexity index is 1170. The molecule has 5 nitrogen and oxygen atoms in total. The normalized spacial score (nSPS) is 13.1. The van der Waals surface area contributed by atoms with E-state index in [0.29, 0.717) is 12.4 Å². The first-order chi connectivity index (χ1) is 13.7. The molecule has 0 aliphatic rings. The van der Waals surface area contributed by atoms with Crippen LogP contribution in [0.2, 0.25) is 0 Å². The number of thiophene rings is 1. The number of carbonyl (C=O) groups excluding carboxylic acids is 1. The lowest BCUT2D eigenvalue weighted by Gasteiger charge is -2.06. The summed E-state index contributed by atoms with van der Waals surface area (Å²) in [4.78, 5) is 18.3. The summed E-state index contributed by atoms with van der Waals surface area (Å²) in [5.41, 5.74) is 2.54. The number of aromatic nitrogens is 2. The van der Waals surface area contributed by atoms with Crippen molar-refractivity contribution >= 4 is 38.3 Å². The van der Waals surface area contributed by atoms with Gasteiger partial charge in [0.05, 0.1) is 12.3 Å². The summed E-state index contributed by atoms with van der Waals surface area (Å²) in [6.45, 7) is 7.95. The highest BCUT2D eigenvalue weighted by atomic mass is 32.2. The lowest BCUT2D eigenvalue weighted by molar-refractivity contribution is -0.142. The van der Waals surface area contributed by atoms with Crippen molar-refractivity contribution in [3.8, 4) is 15.4 Å². The quantitative estimate of drug-likeness (QED) is 0.412. The summed E-state index contributed by atoms with van der Waals surface area (Å²) in [5, 5.41) is 0.927. The number of imidazole rings is 1. The minimum atomic E-state index is -2.28. The first kappa shape index (κ1) is 21.1. The maximum Gasteiger partial charge on any atom is 0.313 e. The van der Waals surface area contributed by atoms with E-state index in [1.54, 1.807) is 24.5 Å². The first-order valence-corrected chi connectivity index (χ1v) is 12.1. The molecule has 0 spiro atoms. The van der Waals surface area contributed by atoms with Crippen LogP contribution in [0.5, 0.6) is 0 Å². The molecule has 0 N–H and O–H groups in total. The summed E-state index contributed by atoms with van der Waals surface area (Å²) in [6, 6.07) is 11.6. The first-order valence-electron chi connectivity index (χ1n) is 9.11. The van der Waals surface area contributed by atoms with Crippen LogP contribution in [0.15, 0.2) is 54.1 Å². The largest absolute Gasteiger partial charge is 0.466 e. The number of carbonyl (C=O) groups is 1. The van der Waals surface area contributed by atoms with Crippen molar-refractivity contribution in [1.29, 1.82) is 0 Å². The maximum absolute atomic E-state index is 12.3. The second kappa shape index (κ2) is 8.39. The highest BCUT2D eigenvalue weighted by Crippen LogP contribution is 2.32. The molecule has 0 amide bonds. The fourth-order valence-electron chi connectivity index (χ4n) is 2.81. The van der Waals surface area contributed by atoms with Crippen molar-refractivity contribution < 1.29 is 13.7 Å². The average Bonchev–Trinajstić information content (AvgIpc) is 3.28. The third-order valence-corrected chi connectivity index (χ3v) is 6.66. The van der Waals surface area contributed by atoms with Gasteiger partial charge in [0.25, 0.3) is 0 Å². The van der Waals surface area contributed by atoms with Gasteiger partial charge in [-0.3, -0.25) is 13.6 Å². The van der Waals surface area contributed by atoms with Crippen LogP contribution >= 0.6 is 11.3 Å². The minimum absolute atomic E-state index is 0.0865. The lowest BCUT2D eigenvalue weighted by atomic mass is 10.2. The van der Waals surface area contributed by atoms with Crippen molar-refractivity contribution in [3.05, 3.63) is 60.7 Å². The van der Waals surface area contributed by atoms with Gasteiger partial charge in [-0.2, -0.15) is 0 Å². The molecule has 152 valence electrons. The number of hydrogen-bond acceptors (Lipinski definition) is 5. The van der Waals surface area contributed by atoms with Gasteiger partial charge in [0.2, 0.25) is 0 Å². The van der Waals surface area contributed by atoms with Crippen LogP contribution in [0, 0.1) is 0 Å². The Kier molecular flexibility index (Phi) is 6.10. The van der Waals surface area contributed by atoms with Gasteiger partial charge >= 0.3 is 5.97 Å².